The first-order valence-corrected chi connectivity index (χ1v) is 6.57. The maximum atomic E-state index is 8.75. The average Bonchev–Trinajstić information content (AvgIpc) is 2.28. The SMILES string of the molecule is CC(C)(C)NCc1cc(Cl)ccc1OCCCO. The zero-order valence-electron chi connectivity index (χ0n) is 11.3. The molecule has 0 heterocycles. The smallest absolute Gasteiger partial charge is 0.123 e. The van der Waals surface area contributed by atoms with Crippen LogP contribution in [-0.2, 0) is 6.54 Å². The molecule has 0 radical (unpaired) electrons. The van der Waals surface area contributed by atoms with E-state index in [4.69, 9.17) is 21.4 Å². The highest BCUT2D eigenvalue weighted by Crippen LogP contribution is 2.23. The van der Waals surface area contributed by atoms with E-state index in [1.807, 2.05) is 18.2 Å². The van der Waals surface area contributed by atoms with Gasteiger partial charge in [-0.2, -0.15) is 0 Å². The lowest BCUT2D eigenvalue weighted by Gasteiger charge is -2.21. The van der Waals surface area contributed by atoms with E-state index in [1.54, 1.807) is 0 Å². The van der Waals surface area contributed by atoms with Crippen molar-refractivity contribution in [1.82, 2.24) is 5.32 Å². The fourth-order valence-electron chi connectivity index (χ4n) is 1.43. The third-order valence-electron chi connectivity index (χ3n) is 2.39. The molecule has 3 nitrogen and oxygen atoms in total. The van der Waals surface area contributed by atoms with Gasteiger partial charge in [0.15, 0.2) is 0 Å². The van der Waals surface area contributed by atoms with Crippen molar-refractivity contribution in [3.05, 3.63) is 28.8 Å². The molecule has 0 saturated carbocycles. The van der Waals surface area contributed by atoms with Gasteiger partial charge in [-0.15, -0.1) is 0 Å². The van der Waals surface area contributed by atoms with Gasteiger partial charge in [0.1, 0.15) is 5.75 Å². The van der Waals surface area contributed by atoms with E-state index < -0.39 is 0 Å². The lowest BCUT2D eigenvalue weighted by molar-refractivity contribution is 0.232. The van der Waals surface area contributed by atoms with Crippen molar-refractivity contribution in [2.45, 2.75) is 39.3 Å². The van der Waals surface area contributed by atoms with Gasteiger partial charge >= 0.3 is 0 Å². The van der Waals surface area contributed by atoms with Crippen molar-refractivity contribution in [1.29, 1.82) is 0 Å². The molecule has 4 heteroatoms. The van der Waals surface area contributed by atoms with Gasteiger partial charge in [-0.25, -0.2) is 0 Å². The molecule has 0 amide bonds. The van der Waals surface area contributed by atoms with E-state index in [1.165, 1.54) is 0 Å². The molecule has 0 aliphatic carbocycles. The molecule has 0 fully saturated rings. The van der Waals surface area contributed by atoms with Crippen LogP contribution in [0, 0.1) is 0 Å². The summed E-state index contributed by atoms with van der Waals surface area (Å²) in [5.74, 6) is 0.824. The van der Waals surface area contributed by atoms with Crippen molar-refractivity contribution in [2.75, 3.05) is 13.2 Å². The summed E-state index contributed by atoms with van der Waals surface area (Å²) in [4.78, 5) is 0. The number of rotatable bonds is 6. The summed E-state index contributed by atoms with van der Waals surface area (Å²) < 4.78 is 5.64. The minimum atomic E-state index is 0.0463. The van der Waals surface area contributed by atoms with E-state index in [-0.39, 0.29) is 12.1 Å². The topological polar surface area (TPSA) is 41.5 Å². The second-order valence-corrected chi connectivity index (χ2v) is 5.72. The molecular formula is C14H22ClNO2. The van der Waals surface area contributed by atoms with Gasteiger partial charge in [-0.3, -0.25) is 0 Å². The number of nitrogens with one attached hydrogen (secondary N) is 1. The van der Waals surface area contributed by atoms with Gasteiger partial charge < -0.3 is 15.2 Å². The number of aliphatic hydroxyl groups excluding tert-OH is 1. The Hall–Kier alpha value is -0.770. The van der Waals surface area contributed by atoms with Crippen LogP contribution in [0.15, 0.2) is 18.2 Å². The first-order valence-electron chi connectivity index (χ1n) is 6.19. The van der Waals surface area contributed by atoms with Gasteiger partial charge in [0, 0.05) is 35.7 Å². The van der Waals surface area contributed by atoms with E-state index in [0.29, 0.717) is 24.6 Å². The Morgan fingerprint density at radius 1 is 1.33 bits per heavy atom. The predicted octanol–water partition coefficient (Wildman–Crippen LogP) is 2.99. The number of halogens is 1. The maximum absolute atomic E-state index is 8.75. The molecule has 1 aromatic carbocycles. The zero-order chi connectivity index (χ0) is 13.6. The van der Waals surface area contributed by atoms with Crippen LogP contribution in [0.2, 0.25) is 5.02 Å². The van der Waals surface area contributed by atoms with Gasteiger partial charge in [0.25, 0.3) is 0 Å². The Bertz CT molecular complexity index is 375. The fourth-order valence-corrected chi connectivity index (χ4v) is 1.63. The number of aliphatic hydroxyl groups is 1. The fraction of sp³-hybridized carbons (Fsp3) is 0.571. The Morgan fingerprint density at radius 2 is 2.06 bits per heavy atom. The van der Waals surface area contributed by atoms with Crippen LogP contribution in [0.5, 0.6) is 5.75 Å². The van der Waals surface area contributed by atoms with Gasteiger partial charge in [0.05, 0.1) is 6.61 Å². The molecule has 0 bridgehead atoms. The van der Waals surface area contributed by atoms with Crippen LogP contribution in [0.25, 0.3) is 0 Å². The molecule has 0 spiro atoms. The molecule has 0 saturated heterocycles. The molecule has 18 heavy (non-hydrogen) atoms. The first kappa shape index (κ1) is 15.3. The van der Waals surface area contributed by atoms with Crippen LogP contribution >= 0.6 is 11.6 Å². The summed E-state index contributed by atoms with van der Waals surface area (Å²) in [6.07, 6.45) is 0.634. The molecule has 2 N–H and O–H groups in total. The molecule has 102 valence electrons. The number of benzene rings is 1. The van der Waals surface area contributed by atoms with Gasteiger partial charge in [0.2, 0.25) is 0 Å². The van der Waals surface area contributed by atoms with Gasteiger partial charge in [-0.1, -0.05) is 11.6 Å². The molecule has 0 aliphatic heterocycles. The molecule has 1 rings (SSSR count). The highest BCUT2D eigenvalue weighted by Gasteiger charge is 2.11. The summed E-state index contributed by atoms with van der Waals surface area (Å²) in [5.41, 5.74) is 1.08. The Kier molecular flexibility index (Phi) is 5.93. The molecule has 1 aromatic rings. The minimum absolute atomic E-state index is 0.0463. The standard InChI is InChI=1S/C14H22ClNO2/c1-14(2,3)16-10-11-9-12(15)5-6-13(11)18-8-4-7-17/h5-6,9,16-17H,4,7-8,10H2,1-3H3. The molecule has 0 atom stereocenters. The van der Waals surface area contributed by atoms with E-state index in [9.17, 15) is 0 Å². The van der Waals surface area contributed by atoms with Crippen LogP contribution in [0.1, 0.15) is 32.8 Å². The summed E-state index contributed by atoms with van der Waals surface area (Å²) in [7, 11) is 0. The van der Waals surface area contributed by atoms with Crippen LogP contribution in [-0.4, -0.2) is 23.9 Å². The Balaban J connectivity index is 2.70. The van der Waals surface area contributed by atoms with Crippen molar-refractivity contribution < 1.29 is 9.84 Å². The lowest BCUT2D eigenvalue weighted by atomic mass is 10.1. The lowest BCUT2D eigenvalue weighted by Crippen LogP contribution is -2.35. The highest BCUT2D eigenvalue weighted by atomic mass is 35.5. The number of ether oxygens (including phenoxy) is 1. The molecular weight excluding hydrogens is 250 g/mol. The summed E-state index contributed by atoms with van der Waals surface area (Å²) in [6, 6.07) is 5.60. The number of hydrogen-bond donors (Lipinski definition) is 2. The second-order valence-electron chi connectivity index (χ2n) is 5.28. The van der Waals surface area contributed by atoms with Crippen molar-refractivity contribution in [3.8, 4) is 5.75 Å². The van der Waals surface area contributed by atoms with Crippen molar-refractivity contribution in [2.24, 2.45) is 0 Å². The summed E-state index contributed by atoms with van der Waals surface area (Å²) in [6.45, 7) is 7.71. The number of hydrogen-bond acceptors (Lipinski definition) is 3. The Labute approximate surface area is 114 Å². The van der Waals surface area contributed by atoms with E-state index in [0.717, 1.165) is 11.3 Å². The molecule has 0 aromatic heterocycles. The Morgan fingerprint density at radius 3 is 2.67 bits per heavy atom. The van der Waals surface area contributed by atoms with Crippen LogP contribution in [0.3, 0.4) is 0 Å². The van der Waals surface area contributed by atoms with E-state index >= 15 is 0 Å². The normalized spacial score (nSPS) is 11.6. The van der Waals surface area contributed by atoms with E-state index in [2.05, 4.69) is 26.1 Å². The molecule has 0 aliphatic rings. The zero-order valence-corrected chi connectivity index (χ0v) is 12.0. The summed E-state index contributed by atoms with van der Waals surface area (Å²) in [5, 5.41) is 12.9. The summed E-state index contributed by atoms with van der Waals surface area (Å²) >= 11 is 6.00. The maximum Gasteiger partial charge on any atom is 0.123 e. The van der Waals surface area contributed by atoms with Crippen molar-refractivity contribution >= 4 is 11.6 Å². The highest BCUT2D eigenvalue weighted by molar-refractivity contribution is 6.30. The molecule has 0 unspecified atom stereocenters. The largest absolute Gasteiger partial charge is 0.493 e. The van der Waals surface area contributed by atoms with Crippen molar-refractivity contribution in [3.63, 3.8) is 0 Å². The average molecular weight is 272 g/mol. The monoisotopic (exact) mass is 271 g/mol. The third kappa shape index (κ3) is 5.71. The second kappa shape index (κ2) is 6.98. The quantitative estimate of drug-likeness (QED) is 0.782. The predicted molar refractivity (Wildman–Crippen MR) is 75.2 cm³/mol. The minimum Gasteiger partial charge on any atom is -0.493 e. The van der Waals surface area contributed by atoms with Crippen LogP contribution in [0.4, 0.5) is 0 Å². The first-order chi connectivity index (χ1) is 8.42. The third-order valence-corrected chi connectivity index (χ3v) is 2.63. The van der Waals surface area contributed by atoms with Gasteiger partial charge in [-0.05, 0) is 39.0 Å². The van der Waals surface area contributed by atoms with Crippen LogP contribution < -0.4 is 10.1 Å².